The SMILES string of the molecule is CCCN(CCCNC(C)=O)C(=O)CNC(=O)c1cc2c([nH]1)CN(C)C(Cl)=C2. The Balaban J connectivity index is 1.87. The number of hydrogen-bond acceptors (Lipinski definition) is 4. The summed E-state index contributed by atoms with van der Waals surface area (Å²) in [5, 5.41) is 6.01. The van der Waals surface area contributed by atoms with Crippen LogP contribution in [0.4, 0.5) is 0 Å². The van der Waals surface area contributed by atoms with Crippen molar-refractivity contribution in [3.8, 4) is 0 Å². The molecule has 2 rings (SSSR count). The molecule has 0 fully saturated rings. The Morgan fingerprint density at radius 2 is 2.04 bits per heavy atom. The lowest BCUT2D eigenvalue weighted by atomic mass is 10.2. The molecule has 8 nitrogen and oxygen atoms in total. The molecule has 0 atom stereocenters. The van der Waals surface area contributed by atoms with Crippen molar-refractivity contribution < 1.29 is 14.4 Å². The van der Waals surface area contributed by atoms with Crippen LogP contribution in [0.2, 0.25) is 0 Å². The number of nitrogens with one attached hydrogen (secondary N) is 3. The summed E-state index contributed by atoms with van der Waals surface area (Å²) in [6.07, 6.45) is 3.30. The van der Waals surface area contributed by atoms with Gasteiger partial charge >= 0.3 is 0 Å². The van der Waals surface area contributed by atoms with E-state index in [1.807, 2.05) is 18.9 Å². The zero-order chi connectivity index (χ0) is 20.7. The number of carbonyl (C=O) groups excluding carboxylic acids is 3. The van der Waals surface area contributed by atoms with Crippen molar-refractivity contribution in [2.24, 2.45) is 0 Å². The van der Waals surface area contributed by atoms with Gasteiger partial charge in [0.25, 0.3) is 5.91 Å². The molecule has 0 bridgehead atoms. The molecular formula is C19H28ClN5O3. The third-order valence-electron chi connectivity index (χ3n) is 4.44. The van der Waals surface area contributed by atoms with Gasteiger partial charge in [-0.3, -0.25) is 14.4 Å². The van der Waals surface area contributed by atoms with Gasteiger partial charge in [0.05, 0.1) is 13.1 Å². The van der Waals surface area contributed by atoms with Crippen LogP contribution in [0.1, 0.15) is 48.4 Å². The molecule has 0 radical (unpaired) electrons. The van der Waals surface area contributed by atoms with Gasteiger partial charge < -0.3 is 25.4 Å². The van der Waals surface area contributed by atoms with Crippen molar-refractivity contribution in [3.63, 3.8) is 0 Å². The van der Waals surface area contributed by atoms with E-state index in [2.05, 4.69) is 15.6 Å². The fourth-order valence-corrected chi connectivity index (χ4v) is 3.15. The first-order chi connectivity index (χ1) is 13.3. The first-order valence-electron chi connectivity index (χ1n) is 9.42. The van der Waals surface area contributed by atoms with E-state index in [9.17, 15) is 14.4 Å². The highest BCUT2D eigenvalue weighted by atomic mass is 35.5. The Hall–Kier alpha value is -2.48. The van der Waals surface area contributed by atoms with Gasteiger partial charge in [0.2, 0.25) is 11.8 Å². The van der Waals surface area contributed by atoms with E-state index in [0.29, 0.717) is 43.4 Å². The molecule has 0 saturated carbocycles. The summed E-state index contributed by atoms with van der Waals surface area (Å²) >= 11 is 6.12. The van der Waals surface area contributed by atoms with Crippen LogP contribution in [0.25, 0.3) is 6.08 Å². The zero-order valence-electron chi connectivity index (χ0n) is 16.6. The molecule has 0 unspecified atom stereocenters. The minimum Gasteiger partial charge on any atom is -0.360 e. The molecule has 1 aromatic heterocycles. The minimum atomic E-state index is -0.329. The van der Waals surface area contributed by atoms with Crippen molar-refractivity contribution in [2.75, 3.05) is 33.2 Å². The second-order valence-electron chi connectivity index (χ2n) is 6.84. The Bertz CT molecular complexity index is 759. The summed E-state index contributed by atoms with van der Waals surface area (Å²) in [5.74, 6) is -0.557. The van der Waals surface area contributed by atoms with Crippen molar-refractivity contribution in [1.29, 1.82) is 0 Å². The normalized spacial score (nSPS) is 12.9. The monoisotopic (exact) mass is 409 g/mol. The number of halogens is 1. The van der Waals surface area contributed by atoms with E-state index in [4.69, 9.17) is 11.6 Å². The van der Waals surface area contributed by atoms with Crippen molar-refractivity contribution >= 4 is 35.4 Å². The highest BCUT2D eigenvalue weighted by Crippen LogP contribution is 2.25. The van der Waals surface area contributed by atoms with Crippen LogP contribution >= 0.6 is 11.6 Å². The predicted octanol–water partition coefficient (Wildman–Crippen LogP) is 1.49. The highest BCUT2D eigenvalue weighted by Gasteiger charge is 2.20. The van der Waals surface area contributed by atoms with Crippen LogP contribution in [-0.4, -0.2) is 65.7 Å². The third kappa shape index (κ3) is 6.02. The summed E-state index contributed by atoms with van der Waals surface area (Å²) < 4.78 is 0. The van der Waals surface area contributed by atoms with Crippen LogP contribution in [0.5, 0.6) is 0 Å². The molecule has 28 heavy (non-hydrogen) atoms. The Morgan fingerprint density at radius 1 is 1.29 bits per heavy atom. The maximum atomic E-state index is 12.5. The predicted molar refractivity (Wildman–Crippen MR) is 109 cm³/mol. The maximum absolute atomic E-state index is 12.5. The van der Waals surface area contributed by atoms with Gasteiger partial charge in [0.1, 0.15) is 10.9 Å². The molecule has 3 amide bonds. The fourth-order valence-electron chi connectivity index (χ4n) is 2.97. The van der Waals surface area contributed by atoms with Gasteiger partial charge in [0.15, 0.2) is 0 Å². The molecule has 0 aliphatic carbocycles. The molecule has 154 valence electrons. The largest absolute Gasteiger partial charge is 0.360 e. The lowest BCUT2D eigenvalue weighted by Crippen LogP contribution is -2.41. The second-order valence-corrected chi connectivity index (χ2v) is 7.23. The summed E-state index contributed by atoms with van der Waals surface area (Å²) in [4.78, 5) is 42.5. The van der Waals surface area contributed by atoms with Crippen molar-refractivity contribution in [3.05, 3.63) is 28.2 Å². The molecule has 0 spiro atoms. The number of amides is 3. The first-order valence-corrected chi connectivity index (χ1v) is 9.80. The van der Waals surface area contributed by atoms with E-state index in [-0.39, 0.29) is 24.3 Å². The summed E-state index contributed by atoms with van der Waals surface area (Å²) in [6, 6.07) is 1.74. The number of aromatic amines is 1. The van der Waals surface area contributed by atoms with Gasteiger partial charge in [-0.05, 0) is 25.0 Å². The van der Waals surface area contributed by atoms with Crippen LogP contribution < -0.4 is 10.6 Å². The topological polar surface area (TPSA) is 97.5 Å². The molecule has 0 aromatic carbocycles. The van der Waals surface area contributed by atoms with Crippen LogP contribution in [0.3, 0.4) is 0 Å². The number of nitrogens with zero attached hydrogens (tertiary/aromatic N) is 2. The average Bonchev–Trinajstić information content (AvgIpc) is 3.05. The number of carbonyl (C=O) groups is 3. The van der Waals surface area contributed by atoms with Gasteiger partial charge in [0, 0.05) is 44.9 Å². The van der Waals surface area contributed by atoms with Gasteiger partial charge in [-0.25, -0.2) is 0 Å². The molecular weight excluding hydrogens is 382 g/mol. The summed E-state index contributed by atoms with van der Waals surface area (Å²) in [6.45, 7) is 5.65. The smallest absolute Gasteiger partial charge is 0.268 e. The molecule has 1 aliphatic rings. The standard InChI is InChI=1S/C19H28ClN5O3/c1-4-7-25(8-5-6-21-13(2)26)18(27)11-22-19(28)15-9-14-10-17(20)24(3)12-16(14)23-15/h9-10,23H,4-8,11-12H2,1-3H3,(H,21,26)(H,22,28). The number of rotatable bonds is 9. The zero-order valence-corrected chi connectivity index (χ0v) is 17.4. The number of H-pyrrole nitrogens is 1. The van der Waals surface area contributed by atoms with E-state index >= 15 is 0 Å². The van der Waals surface area contributed by atoms with Crippen LogP contribution in [-0.2, 0) is 16.1 Å². The van der Waals surface area contributed by atoms with Gasteiger partial charge in [-0.15, -0.1) is 0 Å². The Kier molecular flexibility index (Phi) is 7.92. The molecule has 1 aromatic rings. The van der Waals surface area contributed by atoms with E-state index < -0.39 is 0 Å². The van der Waals surface area contributed by atoms with Crippen LogP contribution in [0, 0.1) is 0 Å². The van der Waals surface area contributed by atoms with Crippen molar-refractivity contribution in [1.82, 2.24) is 25.4 Å². The molecule has 2 heterocycles. The molecule has 0 saturated heterocycles. The Labute approximate surface area is 170 Å². The number of fused-ring (bicyclic) bond motifs is 1. The van der Waals surface area contributed by atoms with E-state index in [1.165, 1.54) is 6.92 Å². The first kappa shape index (κ1) is 21.8. The highest BCUT2D eigenvalue weighted by molar-refractivity contribution is 6.31. The quantitative estimate of drug-likeness (QED) is 0.425. The second kappa shape index (κ2) is 10.2. The summed E-state index contributed by atoms with van der Waals surface area (Å²) in [5.41, 5.74) is 2.20. The molecule has 3 N–H and O–H groups in total. The van der Waals surface area contributed by atoms with E-state index in [0.717, 1.165) is 17.7 Å². The Morgan fingerprint density at radius 3 is 2.71 bits per heavy atom. The van der Waals surface area contributed by atoms with E-state index in [1.54, 1.807) is 17.0 Å². The molecule has 1 aliphatic heterocycles. The van der Waals surface area contributed by atoms with Gasteiger partial charge in [-0.1, -0.05) is 18.5 Å². The molecule has 9 heteroatoms. The van der Waals surface area contributed by atoms with Gasteiger partial charge in [-0.2, -0.15) is 0 Å². The average molecular weight is 410 g/mol. The number of aromatic nitrogens is 1. The summed E-state index contributed by atoms with van der Waals surface area (Å²) in [7, 11) is 1.87. The van der Waals surface area contributed by atoms with Crippen molar-refractivity contribution in [2.45, 2.75) is 33.2 Å². The van der Waals surface area contributed by atoms with Crippen LogP contribution in [0.15, 0.2) is 11.2 Å². The lowest BCUT2D eigenvalue weighted by Gasteiger charge is -2.22. The fraction of sp³-hybridized carbons (Fsp3) is 0.526. The maximum Gasteiger partial charge on any atom is 0.268 e. The lowest BCUT2D eigenvalue weighted by molar-refractivity contribution is -0.130. The number of hydrogen-bond donors (Lipinski definition) is 3. The minimum absolute atomic E-state index is 0.0703. The third-order valence-corrected chi connectivity index (χ3v) is 4.84.